The highest BCUT2D eigenvalue weighted by atomic mass is 16.2. The maximum atomic E-state index is 11.7. The van der Waals surface area contributed by atoms with E-state index in [0.29, 0.717) is 12.2 Å². The second-order valence-electron chi connectivity index (χ2n) is 4.10. The van der Waals surface area contributed by atoms with Crippen LogP contribution in [0.4, 0.5) is 0 Å². The van der Waals surface area contributed by atoms with Gasteiger partial charge in [-0.25, -0.2) is 4.68 Å². The van der Waals surface area contributed by atoms with Crippen molar-refractivity contribution in [2.45, 2.75) is 6.54 Å². The monoisotopic (exact) mass is 245 g/mol. The molecule has 0 fully saturated rings. The molecule has 2 aromatic heterocycles. The predicted octanol–water partition coefficient (Wildman–Crippen LogP) is 0.428. The predicted molar refractivity (Wildman–Crippen MR) is 67.3 cm³/mol. The fraction of sp³-hybridized carbons (Fsp3) is 0.250. The first kappa shape index (κ1) is 12.3. The number of carbonyl (C=O) groups is 1. The SMILES string of the molecule is CN(C)C(=O)c1ccn(-c2cncc(CN)c2)n1. The molecule has 6 heteroatoms. The number of rotatable bonds is 3. The molecule has 0 unspecified atom stereocenters. The molecule has 0 spiro atoms. The van der Waals surface area contributed by atoms with Gasteiger partial charge in [0, 0.05) is 33.0 Å². The lowest BCUT2D eigenvalue weighted by Gasteiger charge is -2.07. The van der Waals surface area contributed by atoms with Gasteiger partial charge in [-0.15, -0.1) is 0 Å². The van der Waals surface area contributed by atoms with Crippen molar-refractivity contribution in [3.05, 3.63) is 42.0 Å². The lowest BCUT2D eigenvalue weighted by atomic mass is 10.3. The Balaban J connectivity index is 2.32. The number of nitrogens with two attached hydrogens (primary N) is 1. The smallest absolute Gasteiger partial charge is 0.273 e. The lowest BCUT2D eigenvalue weighted by molar-refractivity contribution is 0.0821. The van der Waals surface area contributed by atoms with Gasteiger partial charge in [-0.1, -0.05) is 0 Å². The summed E-state index contributed by atoms with van der Waals surface area (Å²) in [5.41, 5.74) is 7.67. The van der Waals surface area contributed by atoms with Crippen LogP contribution in [0.25, 0.3) is 5.69 Å². The molecule has 0 aliphatic rings. The summed E-state index contributed by atoms with van der Waals surface area (Å²) in [5.74, 6) is -0.128. The maximum Gasteiger partial charge on any atom is 0.273 e. The molecule has 94 valence electrons. The fourth-order valence-corrected chi connectivity index (χ4v) is 1.52. The average molecular weight is 245 g/mol. The largest absolute Gasteiger partial charge is 0.343 e. The molecule has 0 saturated carbocycles. The van der Waals surface area contributed by atoms with Crippen molar-refractivity contribution in [1.82, 2.24) is 19.7 Å². The van der Waals surface area contributed by atoms with Gasteiger partial charge < -0.3 is 10.6 Å². The van der Waals surface area contributed by atoms with Crippen LogP contribution in [0.3, 0.4) is 0 Å². The van der Waals surface area contributed by atoms with Crippen LogP contribution in [0.1, 0.15) is 16.1 Å². The van der Waals surface area contributed by atoms with E-state index in [4.69, 9.17) is 5.73 Å². The highest BCUT2D eigenvalue weighted by molar-refractivity contribution is 5.91. The van der Waals surface area contributed by atoms with Crippen molar-refractivity contribution in [2.75, 3.05) is 14.1 Å². The van der Waals surface area contributed by atoms with Gasteiger partial charge in [0.25, 0.3) is 5.91 Å². The second-order valence-corrected chi connectivity index (χ2v) is 4.10. The van der Waals surface area contributed by atoms with Crippen LogP contribution in [0.2, 0.25) is 0 Å². The van der Waals surface area contributed by atoms with Crippen LogP contribution >= 0.6 is 0 Å². The molecule has 2 aromatic rings. The number of hydrogen-bond donors (Lipinski definition) is 1. The Kier molecular flexibility index (Phi) is 3.38. The molecule has 2 rings (SSSR count). The van der Waals surface area contributed by atoms with Crippen LogP contribution in [0, 0.1) is 0 Å². The molecule has 0 atom stereocenters. The van der Waals surface area contributed by atoms with Gasteiger partial charge in [0.05, 0.1) is 11.9 Å². The van der Waals surface area contributed by atoms with E-state index in [9.17, 15) is 4.79 Å². The molecule has 1 amide bonds. The molecule has 0 bridgehead atoms. The summed E-state index contributed by atoms with van der Waals surface area (Å²) in [5, 5.41) is 4.22. The van der Waals surface area contributed by atoms with Crippen molar-refractivity contribution < 1.29 is 4.79 Å². The fourth-order valence-electron chi connectivity index (χ4n) is 1.52. The van der Waals surface area contributed by atoms with Crippen molar-refractivity contribution in [3.8, 4) is 5.69 Å². The Morgan fingerprint density at radius 2 is 2.22 bits per heavy atom. The van der Waals surface area contributed by atoms with E-state index in [1.54, 1.807) is 43.4 Å². The maximum absolute atomic E-state index is 11.7. The molecular formula is C12H15N5O. The summed E-state index contributed by atoms with van der Waals surface area (Å²) < 4.78 is 1.61. The number of aromatic nitrogens is 3. The van der Waals surface area contributed by atoms with Crippen molar-refractivity contribution in [3.63, 3.8) is 0 Å². The second kappa shape index (κ2) is 4.97. The van der Waals surface area contributed by atoms with Crippen LogP contribution in [0.15, 0.2) is 30.7 Å². The molecule has 0 aromatic carbocycles. The summed E-state index contributed by atoms with van der Waals surface area (Å²) >= 11 is 0. The molecule has 0 aliphatic heterocycles. The molecular weight excluding hydrogens is 230 g/mol. The number of pyridine rings is 1. The Morgan fingerprint density at radius 1 is 1.44 bits per heavy atom. The average Bonchev–Trinajstić information content (AvgIpc) is 2.87. The summed E-state index contributed by atoms with van der Waals surface area (Å²) in [7, 11) is 3.38. The normalized spacial score (nSPS) is 10.4. The highest BCUT2D eigenvalue weighted by Gasteiger charge is 2.11. The first-order valence-electron chi connectivity index (χ1n) is 5.53. The molecule has 6 nitrogen and oxygen atoms in total. The quantitative estimate of drug-likeness (QED) is 0.850. The highest BCUT2D eigenvalue weighted by Crippen LogP contribution is 2.09. The van der Waals surface area contributed by atoms with E-state index >= 15 is 0 Å². The van der Waals surface area contributed by atoms with Crippen molar-refractivity contribution in [1.29, 1.82) is 0 Å². The topological polar surface area (TPSA) is 77.0 Å². The van der Waals surface area contributed by atoms with Crippen molar-refractivity contribution >= 4 is 5.91 Å². The van der Waals surface area contributed by atoms with Gasteiger partial charge in [0.2, 0.25) is 0 Å². The van der Waals surface area contributed by atoms with Gasteiger partial charge in [0.1, 0.15) is 0 Å². The zero-order valence-corrected chi connectivity index (χ0v) is 10.4. The first-order valence-corrected chi connectivity index (χ1v) is 5.53. The summed E-state index contributed by atoms with van der Waals surface area (Å²) in [6.07, 6.45) is 5.11. The Hall–Kier alpha value is -2.21. The van der Waals surface area contributed by atoms with E-state index in [1.165, 1.54) is 4.90 Å². The Labute approximate surface area is 105 Å². The molecule has 0 radical (unpaired) electrons. The van der Waals surface area contributed by atoms with E-state index in [-0.39, 0.29) is 5.91 Å². The van der Waals surface area contributed by atoms with E-state index < -0.39 is 0 Å². The number of nitrogens with zero attached hydrogens (tertiary/aromatic N) is 4. The number of hydrogen-bond acceptors (Lipinski definition) is 4. The summed E-state index contributed by atoms with van der Waals surface area (Å²) in [4.78, 5) is 17.3. The minimum absolute atomic E-state index is 0.128. The van der Waals surface area contributed by atoms with Crippen LogP contribution in [0.5, 0.6) is 0 Å². The molecule has 2 N–H and O–H groups in total. The summed E-state index contributed by atoms with van der Waals surface area (Å²) in [6.45, 7) is 0.422. The zero-order chi connectivity index (χ0) is 13.1. The lowest BCUT2D eigenvalue weighted by Crippen LogP contribution is -2.22. The van der Waals surface area contributed by atoms with Crippen LogP contribution < -0.4 is 5.73 Å². The molecule has 18 heavy (non-hydrogen) atoms. The van der Waals surface area contributed by atoms with Gasteiger partial charge in [0.15, 0.2) is 5.69 Å². The standard InChI is InChI=1S/C12H15N5O/c1-16(2)12(18)11-3-4-17(15-11)10-5-9(6-13)7-14-8-10/h3-5,7-8H,6,13H2,1-2H3. The van der Waals surface area contributed by atoms with E-state index in [1.807, 2.05) is 6.07 Å². The molecule has 2 heterocycles. The third-order valence-corrected chi connectivity index (χ3v) is 2.50. The number of carbonyl (C=O) groups excluding carboxylic acids is 1. The molecule has 0 saturated heterocycles. The van der Waals surface area contributed by atoms with E-state index in [0.717, 1.165) is 11.3 Å². The van der Waals surface area contributed by atoms with Crippen molar-refractivity contribution in [2.24, 2.45) is 5.73 Å². The Morgan fingerprint density at radius 3 is 2.89 bits per heavy atom. The van der Waals surface area contributed by atoms with Gasteiger partial charge in [-0.05, 0) is 17.7 Å². The van der Waals surface area contributed by atoms with Gasteiger partial charge in [-0.3, -0.25) is 9.78 Å². The van der Waals surface area contributed by atoms with Crippen LogP contribution in [-0.4, -0.2) is 39.7 Å². The van der Waals surface area contributed by atoms with Gasteiger partial charge >= 0.3 is 0 Å². The molecule has 0 aliphatic carbocycles. The van der Waals surface area contributed by atoms with Crippen LogP contribution in [-0.2, 0) is 6.54 Å². The minimum Gasteiger partial charge on any atom is -0.343 e. The first-order chi connectivity index (χ1) is 8.61. The third-order valence-electron chi connectivity index (χ3n) is 2.50. The third kappa shape index (κ3) is 2.38. The van der Waals surface area contributed by atoms with E-state index in [2.05, 4.69) is 10.1 Å². The van der Waals surface area contributed by atoms with Gasteiger partial charge in [-0.2, -0.15) is 5.10 Å². The zero-order valence-electron chi connectivity index (χ0n) is 10.4. The Bertz CT molecular complexity index is 561. The summed E-state index contributed by atoms with van der Waals surface area (Å²) in [6, 6.07) is 3.57. The number of amides is 1. The minimum atomic E-state index is -0.128.